The van der Waals surface area contributed by atoms with Gasteiger partial charge < -0.3 is 53.3 Å². The van der Waals surface area contributed by atoms with Gasteiger partial charge in [0.15, 0.2) is 0 Å². The Kier molecular flexibility index (Phi) is 20.7. The summed E-state index contributed by atoms with van der Waals surface area (Å²) in [5.74, 6) is -4.91. The van der Waals surface area contributed by atoms with E-state index >= 15 is 0 Å². The lowest BCUT2D eigenvalue weighted by Crippen LogP contribution is -2.60. The van der Waals surface area contributed by atoms with Gasteiger partial charge in [0.2, 0.25) is 41.4 Å². The first-order valence-corrected chi connectivity index (χ1v) is 23.6. The first-order chi connectivity index (χ1) is 34.1. The van der Waals surface area contributed by atoms with Crippen LogP contribution in [0.25, 0.3) is 10.9 Å². The minimum absolute atomic E-state index is 0.0443. The molecular formula is C49H63N13O9. The monoisotopic (exact) mass is 977 g/mol. The molecule has 0 saturated carbocycles. The number of nitrogens with two attached hydrogens (primary N) is 2. The van der Waals surface area contributed by atoms with Gasteiger partial charge in [-0.15, -0.1) is 0 Å². The van der Waals surface area contributed by atoms with Gasteiger partial charge in [0.25, 0.3) is 5.69 Å². The third kappa shape index (κ3) is 16.9. The van der Waals surface area contributed by atoms with Gasteiger partial charge in [-0.1, -0.05) is 50.1 Å². The quantitative estimate of drug-likeness (QED) is 0.0186. The summed E-state index contributed by atoms with van der Waals surface area (Å²) in [6.07, 6.45) is 10.7. The number of non-ortho nitro benzene ring substituents is 1. The Labute approximate surface area is 410 Å². The molecule has 2 aromatic carbocycles. The van der Waals surface area contributed by atoms with E-state index in [0.717, 1.165) is 28.5 Å². The van der Waals surface area contributed by atoms with E-state index in [1.54, 1.807) is 30.7 Å². The van der Waals surface area contributed by atoms with Crippen molar-refractivity contribution in [3.8, 4) is 0 Å². The second-order valence-electron chi connectivity index (χ2n) is 17.3. The van der Waals surface area contributed by atoms with Crippen LogP contribution in [0.15, 0.2) is 91.8 Å². The number of aromatic amines is 2. The number of fused-ring (bicyclic) bond motifs is 1. The first kappa shape index (κ1) is 53.9. The van der Waals surface area contributed by atoms with Crippen LogP contribution in [0, 0.1) is 10.1 Å². The highest BCUT2D eigenvalue weighted by atomic mass is 16.6. The molecule has 0 radical (unpaired) electrons. The standard InChI is InChI=1S/C49H63N13O9/c1-3-4-10-38(57-43(63)18-15-31-19-22-52-23-20-31)46(66)56-30(2)45(65)60-42(26-34-28-53-29-55-34)49(69)61-41(24-32-13-16-35(17-14-32)62(70)71)48(68)58-39(12-7-8-21-50)47(67)59-40(44(51)64)25-33-27-54-37-11-6-5-9-36(33)37/h5-6,9,11,13-14,16-17,19-20,22-23,27-30,38-42,54H,3-4,7-8,10,12,15,18,21,24-26,50H2,1-2H3,(H2,51,64)(H,53,55)(H,56,66)(H,57,63)(H,58,68)(H,59,67)(H,60,65)(H,61,69)/t30-,38-,39-,40-,41+,42-/m0/s1. The minimum atomic E-state index is -1.44. The van der Waals surface area contributed by atoms with Crippen LogP contribution in [0.5, 0.6) is 0 Å². The number of aryl methyl sites for hydroxylation is 1. The van der Waals surface area contributed by atoms with Crippen LogP contribution >= 0.6 is 0 Å². The Hall–Kier alpha value is -8.01. The van der Waals surface area contributed by atoms with Crippen LogP contribution in [0.1, 0.15) is 81.2 Å². The lowest BCUT2D eigenvalue weighted by Gasteiger charge is -2.27. The Morgan fingerprint density at radius 1 is 0.676 bits per heavy atom. The lowest BCUT2D eigenvalue weighted by molar-refractivity contribution is -0.384. The zero-order valence-corrected chi connectivity index (χ0v) is 39.8. The maximum absolute atomic E-state index is 14.4. The third-order valence-electron chi connectivity index (χ3n) is 11.8. The topological polar surface area (TPSA) is 344 Å². The number of nitrogens with one attached hydrogen (secondary N) is 8. The molecule has 0 saturated heterocycles. The summed E-state index contributed by atoms with van der Waals surface area (Å²) >= 11 is 0. The fourth-order valence-electron chi connectivity index (χ4n) is 7.77. The molecule has 22 heteroatoms. The number of hydrogen-bond donors (Lipinski definition) is 10. The van der Waals surface area contributed by atoms with Gasteiger partial charge in [-0.25, -0.2) is 4.98 Å². The summed E-state index contributed by atoms with van der Waals surface area (Å²) in [5.41, 5.74) is 14.6. The van der Waals surface area contributed by atoms with Gasteiger partial charge in [0, 0.05) is 79.2 Å². The van der Waals surface area contributed by atoms with E-state index < -0.39 is 76.6 Å². The summed E-state index contributed by atoms with van der Waals surface area (Å²) in [5, 5.41) is 28.5. The molecule has 71 heavy (non-hydrogen) atoms. The lowest BCUT2D eigenvalue weighted by atomic mass is 10.0. The SMILES string of the molecule is CCCC[C@H](NC(=O)CCc1ccncc1)C(=O)N[C@@H](C)C(=O)N[C@@H](Cc1cnc[nH]1)C(=O)N[C@H](Cc1ccc([N+](=O)[O-])cc1)C(=O)N[C@@H](CCCCN)C(=O)N[C@@H](Cc1c[nH]c2ccccc12)C(N)=O. The molecule has 7 amide bonds. The summed E-state index contributed by atoms with van der Waals surface area (Å²) in [6, 6.07) is 8.95. The zero-order chi connectivity index (χ0) is 51.3. The fraction of sp³-hybridized carbons (Fsp3) is 0.408. The van der Waals surface area contributed by atoms with Crippen molar-refractivity contribution >= 4 is 57.9 Å². The molecule has 3 aromatic heterocycles. The average molecular weight is 978 g/mol. The molecule has 378 valence electrons. The second kappa shape index (κ2) is 27.2. The van der Waals surface area contributed by atoms with Crippen molar-refractivity contribution in [2.45, 2.75) is 121 Å². The number of hydrogen-bond acceptors (Lipinski definition) is 12. The number of rotatable bonds is 29. The maximum Gasteiger partial charge on any atom is 0.269 e. The van der Waals surface area contributed by atoms with Crippen molar-refractivity contribution in [3.05, 3.63) is 124 Å². The van der Waals surface area contributed by atoms with E-state index in [0.29, 0.717) is 49.9 Å². The molecular weight excluding hydrogens is 915 g/mol. The largest absolute Gasteiger partial charge is 0.368 e. The smallest absolute Gasteiger partial charge is 0.269 e. The van der Waals surface area contributed by atoms with Gasteiger partial charge in [-0.2, -0.15) is 0 Å². The Morgan fingerprint density at radius 2 is 1.30 bits per heavy atom. The van der Waals surface area contributed by atoms with Gasteiger partial charge in [-0.05, 0) is 80.5 Å². The number of primary amides is 1. The number of H-pyrrole nitrogens is 2. The number of aromatic nitrogens is 4. The fourth-order valence-corrected chi connectivity index (χ4v) is 7.77. The van der Waals surface area contributed by atoms with Crippen molar-refractivity contribution in [1.82, 2.24) is 51.8 Å². The number of para-hydroxylation sites is 1. The number of nitro benzene ring substituents is 1. The van der Waals surface area contributed by atoms with Crippen LogP contribution in [0.2, 0.25) is 0 Å². The summed E-state index contributed by atoms with van der Waals surface area (Å²) in [6.45, 7) is 3.65. The molecule has 0 aliphatic carbocycles. The van der Waals surface area contributed by atoms with Crippen LogP contribution in [-0.2, 0) is 59.2 Å². The van der Waals surface area contributed by atoms with Crippen LogP contribution in [0.3, 0.4) is 0 Å². The summed E-state index contributed by atoms with van der Waals surface area (Å²) in [4.78, 5) is 121. The molecule has 0 unspecified atom stereocenters. The van der Waals surface area contributed by atoms with Crippen molar-refractivity contribution in [1.29, 1.82) is 0 Å². The summed E-state index contributed by atoms with van der Waals surface area (Å²) in [7, 11) is 0. The Bertz CT molecular complexity index is 2570. The normalized spacial score (nSPS) is 13.6. The Morgan fingerprint density at radius 3 is 1.96 bits per heavy atom. The molecule has 22 nitrogen and oxygen atoms in total. The molecule has 5 aromatic rings. The number of benzene rings is 2. The van der Waals surface area contributed by atoms with Gasteiger partial charge >= 0.3 is 0 Å². The van der Waals surface area contributed by atoms with Crippen LogP contribution in [0.4, 0.5) is 5.69 Å². The van der Waals surface area contributed by atoms with Crippen molar-refractivity contribution in [2.75, 3.05) is 6.54 Å². The number of amides is 7. The van der Waals surface area contributed by atoms with E-state index in [2.05, 4.69) is 51.8 Å². The number of nitro groups is 1. The predicted molar refractivity (Wildman–Crippen MR) is 263 cm³/mol. The van der Waals surface area contributed by atoms with Gasteiger partial charge in [0.1, 0.15) is 36.3 Å². The zero-order valence-electron chi connectivity index (χ0n) is 39.8. The molecule has 0 aliphatic rings. The Balaban J connectivity index is 1.34. The van der Waals surface area contributed by atoms with Gasteiger partial charge in [-0.3, -0.25) is 48.7 Å². The first-order valence-electron chi connectivity index (χ1n) is 23.6. The van der Waals surface area contributed by atoms with E-state index in [-0.39, 0.29) is 43.7 Å². The number of carbonyl (C=O) groups is 7. The molecule has 0 spiro atoms. The molecule has 12 N–H and O–H groups in total. The van der Waals surface area contributed by atoms with Crippen LogP contribution < -0.4 is 43.4 Å². The maximum atomic E-state index is 14.4. The number of nitrogens with zero attached hydrogens (tertiary/aromatic N) is 3. The van der Waals surface area contributed by atoms with Gasteiger partial charge in [0.05, 0.1) is 11.3 Å². The molecule has 0 bridgehead atoms. The molecule has 3 heterocycles. The second-order valence-corrected chi connectivity index (χ2v) is 17.3. The number of carbonyl (C=O) groups excluding carboxylic acids is 7. The third-order valence-corrected chi connectivity index (χ3v) is 11.8. The van der Waals surface area contributed by atoms with Crippen molar-refractivity contribution < 1.29 is 38.5 Å². The van der Waals surface area contributed by atoms with E-state index in [1.165, 1.54) is 43.7 Å². The van der Waals surface area contributed by atoms with E-state index in [9.17, 15) is 43.7 Å². The molecule has 6 atom stereocenters. The molecule has 5 rings (SSSR count). The predicted octanol–water partition coefficient (Wildman–Crippen LogP) is 1.59. The average Bonchev–Trinajstić information content (AvgIpc) is 4.04. The highest BCUT2D eigenvalue weighted by Gasteiger charge is 2.33. The van der Waals surface area contributed by atoms with Crippen molar-refractivity contribution in [3.63, 3.8) is 0 Å². The highest BCUT2D eigenvalue weighted by Crippen LogP contribution is 2.20. The number of unbranched alkanes of at least 4 members (excludes halogenated alkanes) is 2. The highest BCUT2D eigenvalue weighted by molar-refractivity contribution is 5.97. The van der Waals surface area contributed by atoms with Crippen molar-refractivity contribution in [2.24, 2.45) is 11.5 Å². The molecule has 0 aliphatic heterocycles. The van der Waals surface area contributed by atoms with E-state index in [1.807, 2.05) is 31.2 Å². The molecule has 0 fully saturated rings. The number of imidazole rings is 1. The van der Waals surface area contributed by atoms with Crippen LogP contribution in [-0.4, -0.2) is 109 Å². The number of pyridine rings is 1. The summed E-state index contributed by atoms with van der Waals surface area (Å²) < 4.78 is 0. The minimum Gasteiger partial charge on any atom is -0.368 e. The van der Waals surface area contributed by atoms with E-state index in [4.69, 9.17) is 11.5 Å².